The highest BCUT2D eigenvalue weighted by Gasteiger charge is 2.39. The van der Waals surface area contributed by atoms with Crippen molar-refractivity contribution in [3.8, 4) is 0 Å². The molecule has 3 N–H and O–H groups in total. The van der Waals surface area contributed by atoms with Crippen molar-refractivity contribution < 1.29 is 8.42 Å². The predicted molar refractivity (Wildman–Crippen MR) is 83.0 cm³/mol. The monoisotopic (exact) mass is 316 g/mol. The van der Waals surface area contributed by atoms with E-state index in [0.717, 1.165) is 38.8 Å². The van der Waals surface area contributed by atoms with Gasteiger partial charge in [0.2, 0.25) is 0 Å². The Balaban J connectivity index is 1.63. The molecule has 0 aromatic carbocycles. The van der Waals surface area contributed by atoms with Gasteiger partial charge in [-0.05, 0) is 51.1 Å². The first-order valence-corrected chi connectivity index (χ1v) is 9.75. The summed E-state index contributed by atoms with van der Waals surface area (Å²) in [6.07, 6.45) is 6.50. The van der Waals surface area contributed by atoms with E-state index in [1.165, 1.54) is 12.8 Å². The molecule has 3 aliphatic rings. The van der Waals surface area contributed by atoms with Crippen LogP contribution in [0.1, 0.15) is 38.5 Å². The van der Waals surface area contributed by atoms with Crippen molar-refractivity contribution in [3.63, 3.8) is 0 Å². The van der Waals surface area contributed by atoms with Crippen molar-refractivity contribution >= 4 is 10.2 Å². The fourth-order valence-corrected chi connectivity index (χ4v) is 5.67. The van der Waals surface area contributed by atoms with E-state index in [0.29, 0.717) is 31.6 Å². The summed E-state index contributed by atoms with van der Waals surface area (Å²) in [5, 5.41) is 0. The van der Waals surface area contributed by atoms with Gasteiger partial charge in [0.1, 0.15) is 0 Å². The van der Waals surface area contributed by atoms with Gasteiger partial charge in [0.25, 0.3) is 10.2 Å². The average molecular weight is 316 g/mol. The van der Waals surface area contributed by atoms with Crippen LogP contribution in [0.5, 0.6) is 0 Å². The van der Waals surface area contributed by atoms with Crippen LogP contribution in [-0.4, -0.2) is 62.4 Å². The number of hydrogen-bond acceptors (Lipinski definition) is 4. The first-order valence-electron chi connectivity index (χ1n) is 8.31. The van der Waals surface area contributed by atoms with Crippen molar-refractivity contribution in [2.45, 2.75) is 50.6 Å². The van der Waals surface area contributed by atoms with E-state index in [2.05, 4.69) is 9.62 Å². The van der Waals surface area contributed by atoms with Crippen molar-refractivity contribution in [3.05, 3.63) is 0 Å². The van der Waals surface area contributed by atoms with Crippen molar-refractivity contribution in [2.75, 3.05) is 32.7 Å². The second kappa shape index (κ2) is 6.50. The fourth-order valence-electron chi connectivity index (χ4n) is 4.09. The van der Waals surface area contributed by atoms with Gasteiger partial charge in [0.15, 0.2) is 0 Å². The van der Waals surface area contributed by atoms with Crippen molar-refractivity contribution in [2.24, 2.45) is 11.7 Å². The van der Waals surface area contributed by atoms with Crippen LogP contribution in [0.3, 0.4) is 0 Å². The smallest absolute Gasteiger partial charge is 0.279 e. The Labute approximate surface area is 128 Å². The molecule has 3 heterocycles. The summed E-state index contributed by atoms with van der Waals surface area (Å²) >= 11 is 0. The van der Waals surface area contributed by atoms with E-state index in [1.54, 1.807) is 4.31 Å². The maximum atomic E-state index is 12.6. The van der Waals surface area contributed by atoms with Crippen LogP contribution < -0.4 is 10.5 Å². The summed E-state index contributed by atoms with van der Waals surface area (Å²) in [5.41, 5.74) is 5.71. The molecule has 3 rings (SSSR count). The Bertz CT molecular complexity index is 456. The predicted octanol–water partition coefficient (Wildman–Crippen LogP) is 0.118. The summed E-state index contributed by atoms with van der Waals surface area (Å²) < 4.78 is 29.9. The van der Waals surface area contributed by atoms with E-state index in [-0.39, 0.29) is 6.04 Å². The molecule has 3 atom stereocenters. The van der Waals surface area contributed by atoms with Gasteiger partial charge in [-0.25, -0.2) is 0 Å². The third kappa shape index (κ3) is 3.42. The van der Waals surface area contributed by atoms with E-state index in [1.807, 2.05) is 0 Å². The SMILES string of the molecule is NCC1CCCN(S(=O)(=O)NC2CCN3CCCCC23)C1. The van der Waals surface area contributed by atoms with Crippen molar-refractivity contribution in [1.29, 1.82) is 0 Å². The quantitative estimate of drug-likeness (QED) is 0.772. The fraction of sp³-hybridized carbons (Fsp3) is 1.00. The van der Waals surface area contributed by atoms with Gasteiger partial charge in [0.05, 0.1) is 0 Å². The summed E-state index contributed by atoms with van der Waals surface area (Å²) in [5.74, 6) is 0.310. The molecule has 0 spiro atoms. The molecule has 7 heteroatoms. The zero-order chi connectivity index (χ0) is 14.9. The maximum Gasteiger partial charge on any atom is 0.279 e. The molecular formula is C14H28N4O2S. The Kier molecular flexibility index (Phi) is 4.85. The normalized spacial score (nSPS) is 35.8. The zero-order valence-corrected chi connectivity index (χ0v) is 13.5. The molecule has 0 aliphatic carbocycles. The van der Waals surface area contributed by atoms with Crippen LogP contribution in [0.4, 0.5) is 0 Å². The average Bonchev–Trinajstić information content (AvgIpc) is 2.90. The van der Waals surface area contributed by atoms with Gasteiger partial charge in [-0.2, -0.15) is 17.4 Å². The van der Waals surface area contributed by atoms with Gasteiger partial charge in [-0.15, -0.1) is 0 Å². The minimum Gasteiger partial charge on any atom is -0.330 e. The topological polar surface area (TPSA) is 78.7 Å². The molecule has 3 saturated heterocycles. The molecule has 0 aromatic heterocycles. The third-order valence-corrected chi connectivity index (χ3v) is 6.92. The Morgan fingerprint density at radius 2 is 1.90 bits per heavy atom. The Morgan fingerprint density at radius 1 is 1.05 bits per heavy atom. The molecule has 0 saturated carbocycles. The number of fused-ring (bicyclic) bond motifs is 1. The van der Waals surface area contributed by atoms with Gasteiger partial charge in [0, 0.05) is 31.7 Å². The lowest BCUT2D eigenvalue weighted by Gasteiger charge is -2.35. The largest absolute Gasteiger partial charge is 0.330 e. The van der Waals surface area contributed by atoms with Gasteiger partial charge in [-0.1, -0.05) is 6.42 Å². The Morgan fingerprint density at radius 3 is 2.71 bits per heavy atom. The number of piperidine rings is 2. The standard InChI is InChI=1S/C14H28N4O2S/c15-10-12-4-3-8-18(11-12)21(19,20)16-13-6-9-17-7-2-1-5-14(13)17/h12-14,16H,1-11,15H2. The number of nitrogens with zero attached hydrogens (tertiary/aromatic N) is 2. The van der Waals surface area contributed by atoms with Crippen LogP contribution in [-0.2, 0) is 10.2 Å². The molecule has 6 nitrogen and oxygen atoms in total. The first kappa shape index (κ1) is 15.7. The number of rotatable bonds is 4. The summed E-state index contributed by atoms with van der Waals surface area (Å²) in [7, 11) is -3.36. The first-order chi connectivity index (χ1) is 10.1. The molecule has 0 aromatic rings. The number of nitrogens with one attached hydrogen (secondary N) is 1. The summed E-state index contributed by atoms with van der Waals surface area (Å²) in [6, 6.07) is 0.497. The number of hydrogen-bond donors (Lipinski definition) is 2. The zero-order valence-electron chi connectivity index (χ0n) is 12.7. The maximum absolute atomic E-state index is 12.6. The van der Waals surface area contributed by atoms with Crippen LogP contribution in [0, 0.1) is 5.92 Å². The Hall–Kier alpha value is -0.210. The molecular weight excluding hydrogens is 288 g/mol. The van der Waals surface area contributed by atoms with E-state index in [4.69, 9.17) is 5.73 Å². The van der Waals surface area contributed by atoms with Gasteiger partial charge >= 0.3 is 0 Å². The minimum absolute atomic E-state index is 0.0913. The molecule has 3 fully saturated rings. The molecule has 122 valence electrons. The molecule has 0 radical (unpaired) electrons. The number of nitrogens with two attached hydrogens (primary N) is 1. The third-order valence-electron chi connectivity index (χ3n) is 5.31. The summed E-state index contributed by atoms with van der Waals surface area (Å²) in [4.78, 5) is 2.45. The molecule has 3 unspecified atom stereocenters. The molecule has 21 heavy (non-hydrogen) atoms. The minimum atomic E-state index is -3.36. The second-order valence-corrected chi connectivity index (χ2v) is 8.42. The van der Waals surface area contributed by atoms with Crippen molar-refractivity contribution in [1.82, 2.24) is 13.9 Å². The second-order valence-electron chi connectivity index (χ2n) is 6.72. The van der Waals surface area contributed by atoms with Crippen LogP contribution in [0.15, 0.2) is 0 Å². The molecule has 0 amide bonds. The highest BCUT2D eigenvalue weighted by atomic mass is 32.2. The van der Waals surface area contributed by atoms with Crippen LogP contribution in [0.25, 0.3) is 0 Å². The molecule has 0 bridgehead atoms. The highest BCUT2D eigenvalue weighted by molar-refractivity contribution is 7.87. The van der Waals surface area contributed by atoms with Gasteiger partial charge in [-0.3, -0.25) is 4.90 Å². The van der Waals surface area contributed by atoms with E-state index >= 15 is 0 Å². The van der Waals surface area contributed by atoms with Crippen LogP contribution in [0.2, 0.25) is 0 Å². The lowest BCUT2D eigenvalue weighted by molar-refractivity contribution is 0.184. The van der Waals surface area contributed by atoms with Crippen LogP contribution >= 0.6 is 0 Å². The lowest BCUT2D eigenvalue weighted by atomic mass is 10.00. The van der Waals surface area contributed by atoms with Gasteiger partial charge < -0.3 is 5.73 Å². The lowest BCUT2D eigenvalue weighted by Crippen LogP contribution is -2.53. The van der Waals surface area contributed by atoms with E-state index in [9.17, 15) is 8.42 Å². The summed E-state index contributed by atoms with van der Waals surface area (Å²) in [6.45, 7) is 3.94. The highest BCUT2D eigenvalue weighted by Crippen LogP contribution is 2.28. The molecule has 3 aliphatic heterocycles. The van der Waals surface area contributed by atoms with E-state index < -0.39 is 10.2 Å².